The third kappa shape index (κ3) is 4.33. The molecule has 0 radical (unpaired) electrons. The number of fused-ring (bicyclic) bond motifs is 3. The largest absolute Gasteiger partial charge is 0.436 e. The lowest BCUT2D eigenvalue weighted by Gasteiger charge is -2.19. The molecule has 1 heterocycles. The summed E-state index contributed by atoms with van der Waals surface area (Å²) in [6, 6.07) is 58.7. The molecule has 11 rings (SSSR count). The van der Waals surface area contributed by atoms with Crippen molar-refractivity contribution in [1.29, 1.82) is 0 Å². The lowest BCUT2D eigenvalue weighted by molar-refractivity contribution is 0.620. The summed E-state index contributed by atoms with van der Waals surface area (Å²) in [5.74, 6) is 0.314. The first kappa shape index (κ1) is 28.9. The Kier molecular flexibility index (Phi) is 6.17. The van der Waals surface area contributed by atoms with E-state index in [1.807, 2.05) is 18.2 Å². The van der Waals surface area contributed by atoms with Crippen LogP contribution in [0.3, 0.4) is 0 Å². The van der Waals surface area contributed by atoms with Crippen LogP contribution in [0.2, 0.25) is 0 Å². The van der Waals surface area contributed by atoms with Crippen LogP contribution < -0.4 is 0 Å². The summed E-state index contributed by atoms with van der Waals surface area (Å²) in [7, 11) is 0. The van der Waals surface area contributed by atoms with E-state index >= 15 is 0 Å². The van der Waals surface area contributed by atoms with Gasteiger partial charge in [-0.05, 0) is 118 Å². The predicted molar refractivity (Wildman–Crippen MR) is 214 cm³/mol. The van der Waals surface area contributed by atoms with Gasteiger partial charge in [0.1, 0.15) is 11.3 Å². The number of aromatic nitrogens is 1. The Hall–Kier alpha value is -6.84. The summed E-state index contributed by atoms with van der Waals surface area (Å²) in [4.78, 5) is 5.12. The number of halogens is 1. The van der Waals surface area contributed by atoms with Crippen LogP contribution in [0.5, 0.6) is 0 Å². The first-order chi connectivity index (χ1) is 25.7. The standard InChI is InChI=1S/C49H28FNO/c50-34-20-15-29(16-21-34)33-19-26-46-45(27-33)51-49(52-46)44-28-43(38-14-6-10-31-8-2-4-12-36(31)38)41-25-24-40-39(22-17-32-18-23-42(44)48(41)47(32)40)37-13-5-9-30-7-1-3-11-35(30)37/h1-28H. The highest BCUT2D eigenvalue weighted by Gasteiger charge is 2.22. The summed E-state index contributed by atoms with van der Waals surface area (Å²) < 4.78 is 20.3. The van der Waals surface area contributed by atoms with Gasteiger partial charge in [-0.2, -0.15) is 0 Å². The minimum absolute atomic E-state index is 0.256. The van der Waals surface area contributed by atoms with E-state index in [9.17, 15) is 4.39 Å². The Morgan fingerprint density at radius 3 is 1.71 bits per heavy atom. The molecule has 0 saturated heterocycles. The zero-order valence-corrected chi connectivity index (χ0v) is 27.9. The fraction of sp³-hybridized carbons (Fsp3) is 0. The predicted octanol–water partition coefficient (Wildman–Crippen LogP) is 13.8. The molecule has 0 bridgehead atoms. The lowest BCUT2D eigenvalue weighted by atomic mass is 9.84. The number of benzene rings is 10. The summed E-state index contributed by atoms with van der Waals surface area (Å²) in [5.41, 5.74) is 9.03. The van der Waals surface area contributed by atoms with Crippen molar-refractivity contribution in [2.75, 3.05) is 0 Å². The summed E-state index contributed by atoms with van der Waals surface area (Å²) >= 11 is 0. The Morgan fingerprint density at radius 2 is 0.962 bits per heavy atom. The monoisotopic (exact) mass is 665 g/mol. The molecule has 0 amide bonds. The van der Waals surface area contributed by atoms with Gasteiger partial charge in [-0.1, -0.05) is 140 Å². The van der Waals surface area contributed by atoms with Gasteiger partial charge in [-0.3, -0.25) is 0 Å². The van der Waals surface area contributed by atoms with E-state index in [1.54, 1.807) is 12.1 Å². The van der Waals surface area contributed by atoms with Gasteiger partial charge < -0.3 is 4.42 Å². The maximum Gasteiger partial charge on any atom is 0.227 e. The second kappa shape index (κ2) is 11.1. The van der Waals surface area contributed by atoms with Crippen LogP contribution in [-0.2, 0) is 0 Å². The van der Waals surface area contributed by atoms with E-state index < -0.39 is 0 Å². The molecule has 0 atom stereocenters. The van der Waals surface area contributed by atoms with E-state index in [-0.39, 0.29) is 5.82 Å². The van der Waals surface area contributed by atoms with Gasteiger partial charge in [0.15, 0.2) is 5.58 Å². The molecule has 11 aromatic rings. The number of oxazole rings is 1. The van der Waals surface area contributed by atoms with E-state index in [1.165, 1.54) is 77.3 Å². The second-order valence-corrected chi connectivity index (χ2v) is 13.6. The van der Waals surface area contributed by atoms with Gasteiger partial charge >= 0.3 is 0 Å². The van der Waals surface area contributed by atoms with Gasteiger partial charge in [-0.15, -0.1) is 0 Å². The van der Waals surface area contributed by atoms with Gasteiger partial charge in [0.25, 0.3) is 0 Å². The third-order valence-corrected chi connectivity index (χ3v) is 10.7. The molecule has 0 aliphatic heterocycles. The van der Waals surface area contributed by atoms with Crippen molar-refractivity contribution in [1.82, 2.24) is 4.98 Å². The SMILES string of the molecule is Fc1ccc(-c2ccc3oc(-c4cc(-c5cccc6ccccc56)c5ccc6c(-c7cccc8ccccc78)ccc7ccc4c5c76)nc3c2)cc1. The van der Waals surface area contributed by atoms with E-state index in [2.05, 4.69) is 127 Å². The first-order valence-electron chi connectivity index (χ1n) is 17.6. The molecule has 0 fully saturated rings. The highest BCUT2D eigenvalue weighted by atomic mass is 19.1. The number of hydrogen-bond donors (Lipinski definition) is 0. The highest BCUT2D eigenvalue weighted by molar-refractivity contribution is 6.30. The zero-order chi connectivity index (χ0) is 34.3. The molecule has 1 aromatic heterocycles. The Bertz CT molecular complexity index is 3180. The van der Waals surface area contributed by atoms with E-state index in [4.69, 9.17) is 9.40 Å². The summed E-state index contributed by atoms with van der Waals surface area (Å²) in [6.45, 7) is 0. The maximum absolute atomic E-state index is 13.7. The Labute approximate surface area is 298 Å². The van der Waals surface area contributed by atoms with Crippen LogP contribution in [0.4, 0.5) is 4.39 Å². The van der Waals surface area contributed by atoms with Gasteiger partial charge in [0.05, 0.1) is 0 Å². The van der Waals surface area contributed by atoms with E-state index in [0.717, 1.165) is 33.2 Å². The van der Waals surface area contributed by atoms with Crippen molar-refractivity contribution in [3.8, 4) is 44.8 Å². The van der Waals surface area contributed by atoms with Crippen LogP contribution >= 0.6 is 0 Å². The van der Waals surface area contributed by atoms with E-state index in [0.29, 0.717) is 11.5 Å². The molecule has 0 spiro atoms. The summed E-state index contributed by atoms with van der Waals surface area (Å²) in [6.07, 6.45) is 0. The van der Waals surface area contributed by atoms with Gasteiger partial charge in [-0.25, -0.2) is 9.37 Å². The smallest absolute Gasteiger partial charge is 0.227 e. The average Bonchev–Trinajstić information content (AvgIpc) is 3.63. The van der Waals surface area contributed by atoms with Crippen molar-refractivity contribution in [3.63, 3.8) is 0 Å². The molecular weight excluding hydrogens is 638 g/mol. The van der Waals surface area contributed by atoms with Crippen molar-refractivity contribution in [3.05, 3.63) is 176 Å². The van der Waals surface area contributed by atoms with Crippen molar-refractivity contribution < 1.29 is 8.81 Å². The molecule has 3 heteroatoms. The maximum atomic E-state index is 13.7. The second-order valence-electron chi connectivity index (χ2n) is 13.6. The van der Waals surface area contributed by atoms with Crippen LogP contribution in [0.1, 0.15) is 0 Å². The lowest BCUT2D eigenvalue weighted by Crippen LogP contribution is -1.93. The van der Waals surface area contributed by atoms with Gasteiger partial charge in [0, 0.05) is 5.56 Å². The molecule has 0 unspecified atom stereocenters. The molecule has 0 aliphatic rings. The molecule has 0 N–H and O–H groups in total. The Balaban J connectivity index is 1.22. The minimum atomic E-state index is -0.256. The molecule has 10 aromatic carbocycles. The first-order valence-corrected chi connectivity index (χ1v) is 17.6. The number of rotatable bonds is 4. The van der Waals surface area contributed by atoms with Crippen LogP contribution in [0.15, 0.2) is 174 Å². The normalized spacial score (nSPS) is 11.9. The van der Waals surface area contributed by atoms with Crippen molar-refractivity contribution in [2.24, 2.45) is 0 Å². The number of hydrogen-bond acceptors (Lipinski definition) is 2. The zero-order valence-electron chi connectivity index (χ0n) is 27.9. The molecule has 52 heavy (non-hydrogen) atoms. The molecule has 2 nitrogen and oxygen atoms in total. The molecule has 242 valence electrons. The topological polar surface area (TPSA) is 26.0 Å². The fourth-order valence-corrected chi connectivity index (χ4v) is 8.32. The Morgan fingerprint density at radius 1 is 0.385 bits per heavy atom. The molecule has 0 saturated carbocycles. The van der Waals surface area contributed by atoms with Crippen molar-refractivity contribution >= 4 is 65.0 Å². The van der Waals surface area contributed by atoms with Crippen molar-refractivity contribution in [2.45, 2.75) is 0 Å². The fourth-order valence-electron chi connectivity index (χ4n) is 8.32. The quantitative estimate of drug-likeness (QED) is 0.175. The average molecular weight is 666 g/mol. The summed E-state index contributed by atoms with van der Waals surface area (Å²) in [5, 5.41) is 12.0. The van der Waals surface area contributed by atoms with Gasteiger partial charge in [0.2, 0.25) is 5.89 Å². The molecular formula is C49H28FNO. The van der Waals surface area contributed by atoms with Crippen LogP contribution in [0, 0.1) is 5.82 Å². The third-order valence-electron chi connectivity index (χ3n) is 10.7. The highest BCUT2D eigenvalue weighted by Crippen LogP contribution is 2.47. The van der Waals surface area contributed by atoms with Crippen LogP contribution in [0.25, 0.3) is 110 Å². The minimum Gasteiger partial charge on any atom is -0.436 e. The molecule has 0 aliphatic carbocycles. The number of nitrogens with zero attached hydrogens (tertiary/aromatic N) is 1. The van der Waals surface area contributed by atoms with Crippen LogP contribution in [-0.4, -0.2) is 4.98 Å².